The van der Waals surface area contributed by atoms with Crippen molar-refractivity contribution in [3.05, 3.63) is 63.8 Å². The molecule has 4 rings (SSSR count). The summed E-state index contributed by atoms with van der Waals surface area (Å²) in [5.74, 6) is -0.158. The summed E-state index contributed by atoms with van der Waals surface area (Å²) in [6, 6.07) is 3.37. The van der Waals surface area contributed by atoms with E-state index in [1.807, 2.05) is 0 Å². The van der Waals surface area contributed by atoms with Crippen LogP contribution in [0.15, 0.2) is 48.3 Å². The number of pyridine rings is 1. The maximum Gasteiger partial charge on any atom is 0.257 e. The molecule has 0 saturated carbocycles. The summed E-state index contributed by atoms with van der Waals surface area (Å²) in [7, 11) is 0. The number of fused-ring (bicyclic) bond motifs is 2. The Morgan fingerprint density at radius 2 is 2.14 bits per heavy atom. The van der Waals surface area contributed by atoms with Gasteiger partial charge in [-0.25, -0.2) is 4.98 Å². The number of rotatable bonds is 2. The van der Waals surface area contributed by atoms with Crippen molar-refractivity contribution in [2.45, 2.75) is 6.42 Å². The van der Waals surface area contributed by atoms with Crippen LogP contribution in [0.1, 0.15) is 16.8 Å². The fourth-order valence-corrected chi connectivity index (χ4v) is 3.40. The van der Waals surface area contributed by atoms with Gasteiger partial charge in [-0.1, -0.05) is 29.6 Å². The van der Waals surface area contributed by atoms with Crippen molar-refractivity contribution in [3.8, 4) is 0 Å². The molecule has 0 spiro atoms. The molecule has 0 aliphatic heterocycles. The molecule has 2 aromatic heterocycles. The maximum absolute atomic E-state index is 12.1. The highest BCUT2D eigenvalue weighted by atomic mass is 32.1. The van der Waals surface area contributed by atoms with Crippen LogP contribution in [-0.4, -0.2) is 15.9 Å². The summed E-state index contributed by atoms with van der Waals surface area (Å²) in [5, 5.41) is 4.49. The van der Waals surface area contributed by atoms with E-state index in [9.17, 15) is 4.79 Å². The van der Waals surface area contributed by atoms with Crippen molar-refractivity contribution in [2.75, 3.05) is 5.32 Å². The van der Waals surface area contributed by atoms with Crippen molar-refractivity contribution < 1.29 is 4.79 Å². The number of aromatic nitrogens is 2. The lowest BCUT2D eigenvalue weighted by Gasteiger charge is -2.04. The molecule has 0 fully saturated rings. The number of allylic oxidation sites excluding steroid dienone is 4. The quantitative estimate of drug-likeness (QED) is 0.915. The topological polar surface area (TPSA) is 54.9 Å². The Labute approximate surface area is 124 Å². The first-order chi connectivity index (χ1) is 10.3. The maximum atomic E-state index is 12.1. The first kappa shape index (κ1) is 12.2. The highest BCUT2D eigenvalue weighted by molar-refractivity contribution is 7.13. The van der Waals surface area contributed by atoms with Gasteiger partial charge >= 0.3 is 0 Å². The fourth-order valence-electron chi connectivity index (χ4n) is 2.46. The van der Waals surface area contributed by atoms with Gasteiger partial charge in [0.15, 0.2) is 5.13 Å². The van der Waals surface area contributed by atoms with E-state index >= 15 is 0 Å². The largest absolute Gasteiger partial charge is 0.298 e. The molecule has 5 heteroatoms. The van der Waals surface area contributed by atoms with Crippen LogP contribution >= 0.6 is 11.3 Å². The second-order valence-electron chi connectivity index (χ2n) is 4.80. The molecular formula is C16H11N3OS. The van der Waals surface area contributed by atoms with Crippen molar-refractivity contribution in [1.82, 2.24) is 9.97 Å². The summed E-state index contributed by atoms with van der Waals surface area (Å²) in [5.41, 5.74) is 3.06. The molecule has 2 heterocycles. The van der Waals surface area contributed by atoms with Crippen molar-refractivity contribution in [2.24, 2.45) is 0 Å². The van der Waals surface area contributed by atoms with Gasteiger partial charge in [0, 0.05) is 18.0 Å². The van der Waals surface area contributed by atoms with Gasteiger partial charge in [-0.2, -0.15) is 0 Å². The van der Waals surface area contributed by atoms with E-state index in [1.54, 1.807) is 24.5 Å². The lowest BCUT2D eigenvalue weighted by atomic mass is 10.0. The minimum Gasteiger partial charge on any atom is -0.298 e. The minimum atomic E-state index is -0.158. The first-order valence-electron chi connectivity index (χ1n) is 6.61. The second-order valence-corrected chi connectivity index (χ2v) is 5.83. The Kier molecular flexibility index (Phi) is 2.79. The molecule has 0 bridgehead atoms. The molecule has 21 heavy (non-hydrogen) atoms. The van der Waals surface area contributed by atoms with E-state index in [4.69, 9.17) is 0 Å². The fraction of sp³-hybridized carbons (Fsp3) is 0.0625. The van der Waals surface area contributed by atoms with Crippen LogP contribution in [0.5, 0.6) is 0 Å². The van der Waals surface area contributed by atoms with Gasteiger partial charge in [-0.15, -0.1) is 0 Å². The number of hydrogen-bond donors (Lipinski definition) is 1. The smallest absolute Gasteiger partial charge is 0.257 e. The van der Waals surface area contributed by atoms with Crippen LogP contribution in [0.3, 0.4) is 0 Å². The Hall–Kier alpha value is -2.53. The number of nitrogens with one attached hydrogen (secondary N) is 1. The molecule has 0 radical (unpaired) electrons. The van der Waals surface area contributed by atoms with E-state index in [0.29, 0.717) is 10.7 Å². The average Bonchev–Trinajstić information content (AvgIpc) is 3.05. The first-order valence-corrected chi connectivity index (χ1v) is 7.43. The molecule has 2 aromatic rings. The van der Waals surface area contributed by atoms with Crippen LogP contribution in [0.2, 0.25) is 0 Å². The van der Waals surface area contributed by atoms with Crippen LogP contribution in [0.25, 0.3) is 11.6 Å². The summed E-state index contributed by atoms with van der Waals surface area (Å²) >= 11 is 1.51. The summed E-state index contributed by atoms with van der Waals surface area (Å²) in [6.07, 6.45) is 12.5. The molecule has 102 valence electrons. The molecule has 0 saturated heterocycles. The van der Waals surface area contributed by atoms with Gasteiger partial charge in [-0.3, -0.25) is 15.1 Å². The second kappa shape index (κ2) is 4.79. The number of carbonyl (C=O) groups is 1. The van der Waals surface area contributed by atoms with Crippen LogP contribution in [0, 0.1) is 0 Å². The normalized spacial score (nSPS) is 15.0. The Balaban J connectivity index is 1.66. The Morgan fingerprint density at radius 3 is 3.00 bits per heavy atom. The minimum absolute atomic E-state index is 0.158. The molecule has 4 nitrogen and oxygen atoms in total. The number of carbonyl (C=O) groups excluding carboxylic acids is 1. The van der Waals surface area contributed by atoms with Crippen LogP contribution < -0.4 is 15.2 Å². The molecule has 1 amide bonds. The molecule has 2 aliphatic rings. The number of anilines is 1. The molecular weight excluding hydrogens is 282 g/mol. The number of amides is 1. The third kappa shape index (κ3) is 2.11. The molecule has 0 unspecified atom stereocenters. The Bertz CT molecular complexity index is 907. The van der Waals surface area contributed by atoms with Gasteiger partial charge in [-0.05, 0) is 35.8 Å². The van der Waals surface area contributed by atoms with Gasteiger partial charge in [0.2, 0.25) is 0 Å². The van der Waals surface area contributed by atoms with E-state index in [2.05, 4.69) is 39.6 Å². The zero-order valence-electron chi connectivity index (χ0n) is 11.0. The standard InChI is InChI=1S/C16H11N3OS/c20-15(10-5-7-17-8-6-10)19-16-18-14-12-4-2-1-3-11(12)9-13(14)21-16/h1-3,5-9H,4H2,(H,18,19,20). The monoisotopic (exact) mass is 293 g/mol. The summed E-state index contributed by atoms with van der Waals surface area (Å²) < 4.78 is 1.12. The SMILES string of the molecule is O=C(Nc1nc2c(s1)=CC1=CC=CCC=21)c1ccncc1. The van der Waals surface area contributed by atoms with Gasteiger partial charge in [0.1, 0.15) is 0 Å². The van der Waals surface area contributed by atoms with Crippen molar-refractivity contribution >= 4 is 34.0 Å². The lowest BCUT2D eigenvalue weighted by Crippen LogP contribution is -2.20. The Morgan fingerprint density at radius 1 is 1.29 bits per heavy atom. The molecule has 0 atom stereocenters. The third-order valence-electron chi connectivity index (χ3n) is 3.47. The van der Waals surface area contributed by atoms with Gasteiger partial charge < -0.3 is 0 Å². The molecule has 2 aliphatic carbocycles. The summed E-state index contributed by atoms with van der Waals surface area (Å²) in [6.45, 7) is 0. The van der Waals surface area contributed by atoms with E-state index < -0.39 is 0 Å². The predicted molar refractivity (Wildman–Crippen MR) is 83.3 cm³/mol. The molecule has 0 aromatic carbocycles. The van der Waals surface area contributed by atoms with E-state index in [1.165, 1.54) is 22.5 Å². The summed E-state index contributed by atoms with van der Waals surface area (Å²) in [4.78, 5) is 20.6. The third-order valence-corrected chi connectivity index (χ3v) is 4.39. The number of thiazole rings is 1. The van der Waals surface area contributed by atoms with Crippen molar-refractivity contribution in [3.63, 3.8) is 0 Å². The van der Waals surface area contributed by atoms with Gasteiger partial charge in [0.25, 0.3) is 5.91 Å². The van der Waals surface area contributed by atoms with Crippen LogP contribution in [-0.2, 0) is 0 Å². The van der Waals surface area contributed by atoms with E-state index in [-0.39, 0.29) is 5.91 Å². The van der Waals surface area contributed by atoms with Crippen LogP contribution in [0.4, 0.5) is 5.13 Å². The highest BCUT2D eigenvalue weighted by Gasteiger charge is 2.16. The van der Waals surface area contributed by atoms with Gasteiger partial charge in [0.05, 0.1) is 9.88 Å². The lowest BCUT2D eigenvalue weighted by molar-refractivity contribution is 0.102. The van der Waals surface area contributed by atoms with Crippen molar-refractivity contribution in [1.29, 1.82) is 0 Å². The highest BCUT2D eigenvalue weighted by Crippen LogP contribution is 2.24. The number of nitrogens with zero attached hydrogens (tertiary/aromatic N) is 2. The number of hydrogen-bond acceptors (Lipinski definition) is 4. The zero-order chi connectivity index (χ0) is 14.2. The predicted octanol–water partition coefficient (Wildman–Crippen LogP) is 1.62. The van der Waals surface area contributed by atoms with E-state index in [0.717, 1.165) is 16.3 Å². The average molecular weight is 293 g/mol. The molecule has 1 N–H and O–H groups in total. The zero-order valence-corrected chi connectivity index (χ0v) is 11.9.